The third-order valence-electron chi connectivity index (χ3n) is 6.12. The van der Waals surface area contributed by atoms with E-state index in [1.54, 1.807) is 25.4 Å². The predicted molar refractivity (Wildman–Crippen MR) is 122 cm³/mol. The lowest BCUT2D eigenvalue weighted by Crippen LogP contribution is -2.34. The Bertz CT molecular complexity index is 1140. The number of anilines is 2. The summed E-state index contributed by atoms with van der Waals surface area (Å²) in [5.41, 5.74) is 3.22. The molecule has 0 atom stereocenters. The third-order valence-corrected chi connectivity index (χ3v) is 6.12. The summed E-state index contributed by atoms with van der Waals surface area (Å²) in [6.45, 7) is 2.08. The molecule has 7 nitrogen and oxygen atoms in total. The van der Waals surface area contributed by atoms with Crippen LogP contribution in [-0.4, -0.2) is 36.3 Å². The van der Waals surface area contributed by atoms with Crippen molar-refractivity contribution in [2.24, 2.45) is 0 Å². The number of hydrogen-bond donors (Lipinski definition) is 2. The topological polar surface area (TPSA) is 83.9 Å². The number of hydrogen-bond acceptors (Lipinski definition) is 6. The summed E-state index contributed by atoms with van der Waals surface area (Å²) >= 11 is 0. The molecule has 0 saturated heterocycles. The summed E-state index contributed by atoms with van der Waals surface area (Å²) in [5, 5.41) is 12.8. The van der Waals surface area contributed by atoms with E-state index in [0.29, 0.717) is 13.2 Å². The van der Waals surface area contributed by atoms with Crippen molar-refractivity contribution >= 4 is 17.5 Å². The number of benzene rings is 2. The molecule has 32 heavy (non-hydrogen) atoms. The van der Waals surface area contributed by atoms with E-state index in [9.17, 15) is 9.90 Å². The SMILES string of the molecule is COc1cccc(CN2CCOc3ccnc(NC4(c5ccc(C(=O)O)cc5)CC4)c32)c1. The molecule has 1 aliphatic carbocycles. The van der Waals surface area contributed by atoms with E-state index in [4.69, 9.17) is 9.47 Å². The Balaban J connectivity index is 1.44. The second-order valence-corrected chi connectivity index (χ2v) is 8.22. The predicted octanol–water partition coefficient (Wildman–Crippen LogP) is 4.29. The Labute approximate surface area is 186 Å². The number of carbonyl (C=O) groups is 1. The molecule has 7 heteroatoms. The zero-order valence-electron chi connectivity index (χ0n) is 17.9. The summed E-state index contributed by atoms with van der Waals surface area (Å²) in [6, 6.07) is 17.1. The molecule has 3 aromatic rings. The van der Waals surface area contributed by atoms with Crippen LogP contribution in [0.4, 0.5) is 11.5 Å². The van der Waals surface area contributed by atoms with Crippen LogP contribution in [0, 0.1) is 0 Å². The van der Waals surface area contributed by atoms with Gasteiger partial charge in [0.1, 0.15) is 23.8 Å². The Kier molecular flexibility index (Phi) is 5.09. The number of methoxy groups -OCH3 is 1. The van der Waals surface area contributed by atoms with Gasteiger partial charge in [0.15, 0.2) is 5.82 Å². The maximum absolute atomic E-state index is 11.2. The zero-order chi connectivity index (χ0) is 22.1. The first-order valence-electron chi connectivity index (χ1n) is 10.7. The third kappa shape index (κ3) is 3.82. The Morgan fingerprint density at radius 3 is 2.75 bits per heavy atom. The average Bonchev–Trinajstić information content (AvgIpc) is 3.60. The second kappa shape index (κ2) is 8.07. The van der Waals surface area contributed by atoms with Gasteiger partial charge in [-0.15, -0.1) is 0 Å². The fourth-order valence-corrected chi connectivity index (χ4v) is 4.25. The average molecular weight is 431 g/mol. The maximum Gasteiger partial charge on any atom is 0.335 e. The fourth-order valence-electron chi connectivity index (χ4n) is 4.25. The van der Waals surface area contributed by atoms with Gasteiger partial charge in [-0.05, 0) is 48.2 Å². The molecule has 0 amide bonds. The zero-order valence-corrected chi connectivity index (χ0v) is 17.9. The molecule has 164 valence electrons. The molecular weight excluding hydrogens is 406 g/mol. The van der Waals surface area contributed by atoms with Crippen LogP contribution in [0.3, 0.4) is 0 Å². The molecule has 0 radical (unpaired) electrons. The van der Waals surface area contributed by atoms with Crippen molar-refractivity contribution in [1.82, 2.24) is 4.98 Å². The van der Waals surface area contributed by atoms with Gasteiger partial charge in [-0.1, -0.05) is 24.3 Å². The molecule has 2 N–H and O–H groups in total. The van der Waals surface area contributed by atoms with Crippen LogP contribution in [0.25, 0.3) is 0 Å². The number of ether oxygens (including phenoxy) is 2. The van der Waals surface area contributed by atoms with Crippen LogP contribution in [0.1, 0.15) is 34.3 Å². The van der Waals surface area contributed by atoms with E-state index in [2.05, 4.69) is 21.3 Å². The Morgan fingerprint density at radius 2 is 2.03 bits per heavy atom. The highest BCUT2D eigenvalue weighted by Gasteiger charge is 2.45. The minimum atomic E-state index is -0.918. The summed E-state index contributed by atoms with van der Waals surface area (Å²) in [7, 11) is 1.67. The monoisotopic (exact) mass is 431 g/mol. The Hall–Kier alpha value is -3.74. The van der Waals surface area contributed by atoms with Crippen LogP contribution >= 0.6 is 0 Å². The highest BCUT2D eigenvalue weighted by atomic mass is 16.5. The molecule has 0 spiro atoms. The molecule has 2 aliphatic rings. The first-order valence-corrected chi connectivity index (χ1v) is 10.7. The maximum atomic E-state index is 11.2. The quantitative estimate of drug-likeness (QED) is 0.577. The van der Waals surface area contributed by atoms with Gasteiger partial charge < -0.3 is 24.8 Å². The number of pyridine rings is 1. The van der Waals surface area contributed by atoms with Crippen LogP contribution in [0.5, 0.6) is 11.5 Å². The van der Waals surface area contributed by atoms with Crippen LogP contribution < -0.4 is 19.7 Å². The molecule has 1 saturated carbocycles. The summed E-state index contributed by atoms with van der Waals surface area (Å²) < 4.78 is 11.3. The summed E-state index contributed by atoms with van der Waals surface area (Å²) in [6.07, 6.45) is 3.68. The molecule has 1 aliphatic heterocycles. The number of rotatable bonds is 7. The molecular formula is C25H25N3O4. The van der Waals surface area contributed by atoms with Crippen molar-refractivity contribution in [2.75, 3.05) is 30.5 Å². The number of aromatic nitrogens is 1. The minimum absolute atomic E-state index is 0.238. The largest absolute Gasteiger partial charge is 0.497 e. The molecule has 0 bridgehead atoms. The normalized spacial score (nSPS) is 16.0. The van der Waals surface area contributed by atoms with Gasteiger partial charge in [0, 0.05) is 18.8 Å². The summed E-state index contributed by atoms with van der Waals surface area (Å²) in [5.74, 6) is 1.51. The highest BCUT2D eigenvalue weighted by molar-refractivity contribution is 5.87. The van der Waals surface area contributed by atoms with Crippen LogP contribution in [0.2, 0.25) is 0 Å². The lowest BCUT2D eigenvalue weighted by Gasteiger charge is -2.33. The summed E-state index contributed by atoms with van der Waals surface area (Å²) in [4.78, 5) is 18.1. The molecule has 1 aromatic heterocycles. The van der Waals surface area contributed by atoms with Gasteiger partial charge in [-0.25, -0.2) is 9.78 Å². The molecule has 5 rings (SSSR count). The van der Waals surface area contributed by atoms with Gasteiger partial charge >= 0.3 is 5.97 Å². The van der Waals surface area contributed by atoms with E-state index >= 15 is 0 Å². The van der Waals surface area contributed by atoms with Gasteiger partial charge in [0.2, 0.25) is 0 Å². The van der Waals surface area contributed by atoms with Crippen molar-refractivity contribution in [2.45, 2.75) is 24.9 Å². The number of carboxylic acid groups (broad SMARTS) is 1. The standard InChI is InChI=1S/C25H25N3O4/c1-31-20-4-2-3-17(15-20)16-28-13-14-32-21-9-12-26-23(22(21)28)27-25(10-11-25)19-7-5-18(6-8-19)24(29)30/h2-9,12,15H,10-11,13-14,16H2,1H3,(H,26,27)(H,29,30). The van der Waals surface area contributed by atoms with Crippen molar-refractivity contribution in [1.29, 1.82) is 0 Å². The van der Waals surface area contributed by atoms with Crippen molar-refractivity contribution in [3.05, 3.63) is 77.5 Å². The lowest BCUT2D eigenvalue weighted by atomic mass is 10.0. The van der Waals surface area contributed by atoms with E-state index < -0.39 is 5.97 Å². The Morgan fingerprint density at radius 1 is 1.22 bits per heavy atom. The van der Waals surface area contributed by atoms with Gasteiger partial charge in [0.05, 0.1) is 24.8 Å². The number of aromatic carboxylic acids is 1. The number of carboxylic acids is 1. The van der Waals surface area contributed by atoms with E-state index in [0.717, 1.165) is 53.5 Å². The lowest BCUT2D eigenvalue weighted by molar-refractivity contribution is 0.0697. The highest BCUT2D eigenvalue weighted by Crippen LogP contribution is 2.50. The molecule has 0 unspecified atom stereocenters. The van der Waals surface area contributed by atoms with Crippen molar-refractivity contribution in [3.63, 3.8) is 0 Å². The van der Waals surface area contributed by atoms with E-state index in [1.807, 2.05) is 36.4 Å². The molecule has 2 aromatic carbocycles. The number of nitrogens with one attached hydrogen (secondary N) is 1. The van der Waals surface area contributed by atoms with E-state index in [1.165, 1.54) is 0 Å². The van der Waals surface area contributed by atoms with E-state index in [-0.39, 0.29) is 11.1 Å². The second-order valence-electron chi connectivity index (χ2n) is 8.22. The number of fused-ring (bicyclic) bond motifs is 1. The fraction of sp³-hybridized carbons (Fsp3) is 0.280. The van der Waals surface area contributed by atoms with Gasteiger partial charge in [0.25, 0.3) is 0 Å². The van der Waals surface area contributed by atoms with Crippen molar-refractivity contribution < 1.29 is 19.4 Å². The van der Waals surface area contributed by atoms with Crippen LogP contribution in [0.15, 0.2) is 60.8 Å². The molecule has 1 fully saturated rings. The first kappa shape index (κ1) is 20.2. The smallest absolute Gasteiger partial charge is 0.335 e. The number of nitrogens with zero attached hydrogens (tertiary/aromatic N) is 2. The van der Waals surface area contributed by atoms with Gasteiger partial charge in [-0.2, -0.15) is 0 Å². The van der Waals surface area contributed by atoms with Gasteiger partial charge in [-0.3, -0.25) is 0 Å². The molecule has 2 heterocycles. The van der Waals surface area contributed by atoms with Crippen molar-refractivity contribution in [3.8, 4) is 11.5 Å². The minimum Gasteiger partial charge on any atom is -0.497 e. The first-order chi connectivity index (χ1) is 15.6. The van der Waals surface area contributed by atoms with Crippen LogP contribution in [-0.2, 0) is 12.1 Å².